The predicted octanol–water partition coefficient (Wildman–Crippen LogP) is 7.93. The molecule has 0 atom stereocenters. The fourth-order valence-corrected chi connectivity index (χ4v) is 3.69. The van der Waals surface area contributed by atoms with Crippen LogP contribution >= 0.6 is 0 Å². The van der Waals surface area contributed by atoms with Crippen LogP contribution in [0.25, 0.3) is 5.57 Å². The number of phenolic OH excluding ortho intramolecular Hbond substituents is 2. The number of aryl methyl sites for hydroxylation is 2. The predicted molar refractivity (Wildman–Crippen MR) is 134 cm³/mol. The highest BCUT2D eigenvalue weighted by Crippen LogP contribution is 2.31. The van der Waals surface area contributed by atoms with Crippen LogP contribution in [-0.2, 0) is 6.61 Å². The fraction of sp³-hybridized carbons (Fsp3) is 0.310. The van der Waals surface area contributed by atoms with Gasteiger partial charge in [0.2, 0.25) is 0 Å². The van der Waals surface area contributed by atoms with Gasteiger partial charge in [-0.1, -0.05) is 32.1 Å². The molecule has 0 aliphatic carbocycles. The Morgan fingerprint density at radius 2 is 1.55 bits per heavy atom. The maximum absolute atomic E-state index is 10.5. The summed E-state index contributed by atoms with van der Waals surface area (Å²) in [6, 6.07) is 16.5. The van der Waals surface area contributed by atoms with Crippen molar-refractivity contribution in [2.24, 2.45) is 5.92 Å². The van der Waals surface area contributed by atoms with Crippen molar-refractivity contribution in [3.63, 3.8) is 0 Å². The molecule has 0 aliphatic rings. The largest absolute Gasteiger partial charge is 0.508 e. The van der Waals surface area contributed by atoms with E-state index in [-0.39, 0.29) is 11.5 Å². The molecule has 0 fully saturated rings. The fourth-order valence-electron chi connectivity index (χ4n) is 3.69. The van der Waals surface area contributed by atoms with E-state index >= 15 is 0 Å². The van der Waals surface area contributed by atoms with Crippen LogP contribution in [-0.4, -0.2) is 10.2 Å². The SMILES string of the molecule is C/C(=C/CCC(C)C)c1ccc(COc2cc(C)cc(Oc3cc(C)cc(O)c3)c2)cc1O. The number of benzene rings is 3. The smallest absolute Gasteiger partial charge is 0.131 e. The Morgan fingerprint density at radius 3 is 2.21 bits per heavy atom. The summed E-state index contributed by atoms with van der Waals surface area (Å²) in [7, 11) is 0. The Morgan fingerprint density at radius 1 is 0.879 bits per heavy atom. The number of phenols is 2. The molecular formula is C29H34O4. The summed E-state index contributed by atoms with van der Waals surface area (Å²) < 4.78 is 11.9. The van der Waals surface area contributed by atoms with Crippen molar-refractivity contribution in [3.05, 3.63) is 82.9 Å². The number of ether oxygens (including phenoxy) is 2. The first-order valence-corrected chi connectivity index (χ1v) is 11.4. The first-order chi connectivity index (χ1) is 15.7. The Hall–Kier alpha value is -3.40. The van der Waals surface area contributed by atoms with E-state index in [1.165, 1.54) is 0 Å². The molecule has 3 aromatic rings. The Labute approximate surface area is 197 Å². The molecule has 0 amide bonds. The van der Waals surface area contributed by atoms with Crippen LogP contribution in [0.15, 0.2) is 60.7 Å². The molecule has 0 bridgehead atoms. The molecule has 0 aromatic heterocycles. The van der Waals surface area contributed by atoms with Crippen molar-refractivity contribution in [3.8, 4) is 28.7 Å². The van der Waals surface area contributed by atoms with Gasteiger partial charge in [0.25, 0.3) is 0 Å². The molecule has 33 heavy (non-hydrogen) atoms. The van der Waals surface area contributed by atoms with E-state index in [0.717, 1.165) is 40.7 Å². The van der Waals surface area contributed by atoms with E-state index in [9.17, 15) is 10.2 Å². The topological polar surface area (TPSA) is 58.9 Å². The van der Waals surface area contributed by atoms with Crippen LogP contribution < -0.4 is 9.47 Å². The molecule has 3 aromatic carbocycles. The van der Waals surface area contributed by atoms with Gasteiger partial charge in [0.1, 0.15) is 35.4 Å². The highest BCUT2D eigenvalue weighted by atomic mass is 16.5. The van der Waals surface area contributed by atoms with E-state index in [2.05, 4.69) is 19.9 Å². The van der Waals surface area contributed by atoms with E-state index < -0.39 is 0 Å². The van der Waals surface area contributed by atoms with Crippen LogP contribution in [0.2, 0.25) is 0 Å². The summed E-state index contributed by atoms with van der Waals surface area (Å²) in [5, 5.41) is 20.3. The number of rotatable bonds is 9. The van der Waals surface area contributed by atoms with E-state index in [1.54, 1.807) is 18.2 Å². The van der Waals surface area contributed by atoms with Crippen LogP contribution in [0.5, 0.6) is 28.7 Å². The van der Waals surface area contributed by atoms with Gasteiger partial charge in [-0.3, -0.25) is 0 Å². The molecular weight excluding hydrogens is 412 g/mol. The number of allylic oxidation sites excluding steroid dienone is 2. The Bertz CT molecular complexity index is 1110. The minimum absolute atomic E-state index is 0.169. The van der Waals surface area contributed by atoms with Crippen LogP contribution in [0.3, 0.4) is 0 Å². The average molecular weight is 447 g/mol. The standard InChI is InChI=1S/C29H34O4/c1-19(2)7-6-8-22(5)28-10-9-23(15-29(28)31)18-32-25-12-21(4)14-27(17-25)33-26-13-20(3)11-24(30)16-26/h8-17,19,30-31H,6-7,18H2,1-5H3/b22-8-. The van der Waals surface area contributed by atoms with Crippen molar-refractivity contribution in [2.45, 2.75) is 54.1 Å². The summed E-state index contributed by atoms with van der Waals surface area (Å²) in [5.74, 6) is 2.98. The summed E-state index contributed by atoms with van der Waals surface area (Å²) in [4.78, 5) is 0. The second-order valence-electron chi connectivity index (χ2n) is 9.09. The second kappa shape index (κ2) is 11.0. The number of hydrogen-bond acceptors (Lipinski definition) is 4. The molecule has 0 radical (unpaired) electrons. The van der Waals surface area contributed by atoms with Crippen molar-refractivity contribution < 1.29 is 19.7 Å². The summed E-state index contributed by atoms with van der Waals surface area (Å²) in [6.07, 6.45) is 4.33. The van der Waals surface area contributed by atoms with Gasteiger partial charge in [-0.25, -0.2) is 0 Å². The Kier molecular flexibility index (Phi) is 8.05. The summed E-state index contributed by atoms with van der Waals surface area (Å²) >= 11 is 0. The lowest BCUT2D eigenvalue weighted by atomic mass is 10.0. The first kappa shape index (κ1) is 24.2. The minimum atomic E-state index is 0.169. The van der Waals surface area contributed by atoms with E-state index in [1.807, 2.05) is 57.2 Å². The quantitative estimate of drug-likeness (QED) is 0.350. The van der Waals surface area contributed by atoms with E-state index in [4.69, 9.17) is 9.47 Å². The third-order valence-corrected chi connectivity index (χ3v) is 5.38. The zero-order valence-corrected chi connectivity index (χ0v) is 20.2. The molecule has 0 aliphatic heterocycles. The highest BCUT2D eigenvalue weighted by Gasteiger charge is 2.08. The van der Waals surface area contributed by atoms with E-state index in [0.29, 0.717) is 29.8 Å². The Balaban J connectivity index is 1.67. The number of aromatic hydroxyl groups is 2. The molecule has 0 unspecified atom stereocenters. The first-order valence-electron chi connectivity index (χ1n) is 11.4. The summed E-state index contributed by atoms with van der Waals surface area (Å²) in [6.45, 7) is 10.7. The molecule has 0 heterocycles. The van der Waals surface area contributed by atoms with Crippen molar-refractivity contribution in [1.82, 2.24) is 0 Å². The normalized spacial score (nSPS) is 11.6. The van der Waals surface area contributed by atoms with Crippen molar-refractivity contribution in [2.75, 3.05) is 0 Å². The maximum Gasteiger partial charge on any atom is 0.131 e. The monoisotopic (exact) mass is 446 g/mol. The zero-order chi connectivity index (χ0) is 24.0. The highest BCUT2D eigenvalue weighted by molar-refractivity contribution is 5.69. The summed E-state index contributed by atoms with van der Waals surface area (Å²) in [5.41, 5.74) is 4.75. The van der Waals surface area contributed by atoms with Crippen LogP contribution in [0, 0.1) is 19.8 Å². The minimum Gasteiger partial charge on any atom is -0.508 e. The lowest BCUT2D eigenvalue weighted by Gasteiger charge is -2.13. The van der Waals surface area contributed by atoms with Crippen LogP contribution in [0.4, 0.5) is 0 Å². The second-order valence-corrected chi connectivity index (χ2v) is 9.09. The molecule has 4 heteroatoms. The third kappa shape index (κ3) is 7.31. The van der Waals surface area contributed by atoms with Gasteiger partial charge < -0.3 is 19.7 Å². The molecule has 174 valence electrons. The van der Waals surface area contributed by atoms with Crippen molar-refractivity contribution in [1.29, 1.82) is 0 Å². The molecule has 4 nitrogen and oxygen atoms in total. The van der Waals surface area contributed by atoms with Gasteiger partial charge in [0, 0.05) is 17.7 Å². The average Bonchev–Trinajstić information content (AvgIpc) is 2.70. The molecule has 3 rings (SSSR count). The molecule has 0 saturated heterocycles. The van der Waals surface area contributed by atoms with Gasteiger partial charge in [-0.05, 0) is 92.1 Å². The third-order valence-electron chi connectivity index (χ3n) is 5.38. The molecule has 0 saturated carbocycles. The van der Waals surface area contributed by atoms with Crippen molar-refractivity contribution >= 4 is 5.57 Å². The molecule has 0 spiro atoms. The van der Waals surface area contributed by atoms with Gasteiger partial charge in [-0.2, -0.15) is 0 Å². The maximum atomic E-state index is 10.5. The lowest BCUT2D eigenvalue weighted by molar-refractivity contribution is 0.303. The number of hydrogen-bond donors (Lipinski definition) is 2. The lowest BCUT2D eigenvalue weighted by Crippen LogP contribution is -1.97. The van der Waals surface area contributed by atoms with Crippen LogP contribution in [0.1, 0.15) is 55.9 Å². The zero-order valence-electron chi connectivity index (χ0n) is 20.2. The van der Waals surface area contributed by atoms with Gasteiger partial charge in [0.15, 0.2) is 0 Å². The molecule has 2 N–H and O–H groups in total. The van der Waals surface area contributed by atoms with Gasteiger partial charge >= 0.3 is 0 Å². The van der Waals surface area contributed by atoms with Gasteiger partial charge in [-0.15, -0.1) is 0 Å². The van der Waals surface area contributed by atoms with Gasteiger partial charge in [0.05, 0.1) is 0 Å².